The van der Waals surface area contributed by atoms with Gasteiger partial charge in [0.2, 0.25) is 11.8 Å². The van der Waals surface area contributed by atoms with Gasteiger partial charge < -0.3 is 20.9 Å². The zero-order valence-corrected chi connectivity index (χ0v) is 9.56. The highest BCUT2D eigenvalue weighted by Crippen LogP contribution is 2.12. The monoisotopic (exact) mass is 235 g/mol. The molecular formula is C9H13N7O. The Labute approximate surface area is 97.6 Å². The molecule has 2 heterocycles. The van der Waals surface area contributed by atoms with Crippen molar-refractivity contribution in [2.75, 3.05) is 23.4 Å². The van der Waals surface area contributed by atoms with Crippen LogP contribution < -0.4 is 16.4 Å². The minimum atomic E-state index is 0.198. The van der Waals surface area contributed by atoms with Gasteiger partial charge in [-0.25, -0.2) is 0 Å². The fourth-order valence-electron chi connectivity index (χ4n) is 1.27. The van der Waals surface area contributed by atoms with Crippen LogP contribution in [0.5, 0.6) is 0 Å². The van der Waals surface area contributed by atoms with Crippen LogP contribution >= 0.6 is 0 Å². The zero-order valence-electron chi connectivity index (χ0n) is 9.56. The smallest absolute Gasteiger partial charge is 0.223 e. The van der Waals surface area contributed by atoms with E-state index in [0.29, 0.717) is 29.9 Å². The summed E-state index contributed by atoms with van der Waals surface area (Å²) in [6, 6.07) is 1.74. The average molecular weight is 235 g/mol. The third-order valence-electron chi connectivity index (χ3n) is 2.00. The minimum absolute atomic E-state index is 0.198. The topological polar surface area (TPSA) is 115 Å². The standard InChI is InChI=1S/C9H13N7O/c1-5-13-8(16-17-5)4-12-7-3-6(11-2)14-9(10)15-7/h3H,4H2,1-2H3,(H4,10,11,12,14,15). The molecule has 8 nitrogen and oxygen atoms in total. The van der Waals surface area contributed by atoms with Crippen molar-refractivity contribution in [2.45, 2.75) is 13.5 Å². The van der Waals surface area contributed by atoms with Gasteiger partial charge in [0.15, 0.2) is 5.82 Å². The molecule has 0 aromatic carbocycles. The number of hydrogen-bond donors (Lipinski definition) is 3. The van der Waals surface area contributed by atoms with Crippen LogP contribution in [0.25, 0.3) is 0 Å². The second-order valence-corrected chi connectivity index (χ2v) is 3.33. The van der Waals surface area contributed by atoms with Crippen LogP contribution in [0.15, 0.2) is 10.6 Å². The fraction of sp³-hybridized carbons (Fsp3) is 0.333. The maximum atomic E-state index is 5.56. The third-order valence-corrected chi connectivity index (χ3v) is 2.00. The van der Waals surface area contributed by atoms with Gasteiger partial charge in [0.05, 0.1) is 6.54 Å². The fourth-order valence-corrected chi connectivity index (χ4v) is 1.27. The Morgan fingerprint density at radius 2 is 2.06 bits per heavy atom. The van der Waals surface area contributed by atoms with Crippen molar-refractivity contribution in [2.24, 2.45) is 0 Å². The Bertz CT molecular complexity index is 510. The minimum Gasteiger partial charge on any atom is -0.373 e. The molecule has 2 rings (SSSR count). The Morgan fingerprint density at radius 1 is 1.29 bits per heavy atom. The summed E-state index contributed by atoms with van der Waals surface area (Å²) in [5.41, 5.74) is 5.56. The average Bonchev–Trinajstić information content (AvgIpc) is 2.72. The van der Waals surface area contributed by atoms with Crippen molar-refractivity contribution in [3.8, 4) is 0 Å². The Balaban J connectivity index is 2.05. The summed E-state index contributed by atoms with van der Waals surface area (Å²) in [7, 11) is 1.76. The lowest BCUT2D eigenvalue weighted by Crippen LogP contribution is -2.07. The number of hydrogen-bond acceptors (Lipinski definition) is 8. The van der Waals surface area contributed by atoms with Crippen molar-refractivity contribution in [1.82, 2.24) is 20.1 Å². The van der Waals surface area contributed by atoms with Gasteiger partial charge in [0.25, 0.3) is 0 Å². The molecule has 90 valence electrons. The van der Waals surface area contributed by atoms with Crippen molar-refractivity contribution in [3.63, 3.8) is 0 Å². The molecule has 0 aliphatic rings. The van der Waals surface area contributed by atoms with Crippen molar-refractivity contribution in [1.29, 1.82) is 0 Å². The van der Waals surface area contributed by atoms with Crippen LogP contribution in [-0.4, -0.2) is 27.2 Å². The number of rotatable bonds is 4. The number of anilines is 3. The van der Waals surface area contributed by atoms with Gasteiger partial charge in [0.1, 0.15) is 11.6 Å². The highest BCUT2D eigenvalue weighted by molar-refractivity contribution is 5.50. The molecule has 8 heteroatoms. The molecule has 0 radical (unpaired) electrons. The van der Waals surface area contributed by atoms with E-state index in [1.165, 1.54) is 0 Å². The van der Waals surface area contributed by atoms with E-state index in [9.17, 15) is 0 Å². The van der Waals surface area contributed by atoms with E-state index in [2.05, 4.69) is 30.7 Å². The van der Waals surface area contributed by atoms with Gasteiger partial charge in [-0.15, -0.1) is 0 Å². The number of aryl methyl sites for hydroxylation is 1. The first-order valence-corrected chi connectivity index (χ1v) is 5.03. The van der Waals surface area contributed by atoms with Crippen molar-refractivity contribution >= 4 is 17.6 Å². The molecule has 2 aromatic rings. The van der Waals surface area contributed by atoms with Crippen LogP contribution in [0.4, 0.5) is 17.6 Å². The first kappa shape index (κ1) is 11.1. The lowest BCUT2D eigenvalue weighted by atomic mass is 10.5. The molecule has 0 bridgehead atoms. The van der Waals surface area contributed by atoms with Crippen LogP contribution in [-0.2, 0) is 6.54 Å². The van der Waals surface area contributed by atoms with Gasteiger partial charge in [-0.05, 0) is 0 Å². The van der Waals surface area contributed by atoms with Crippen LogP contribution in [0.1, 0.15) is 11.7 Å². The predicted molar refractivity (Wildman–Crippen MR) is 62.4 cm³/mol. The normalized spacial score (nSPS) is 10.2. The third kappa shape index (κ3) is 2.80. The van der Waals surface area contributed by atoms with Crippen LogP contribution in [0.2, 0.25) is 0 Å². The summed E-state index contributed by atoms with van der Waals surface area (Å²) in [6.45, 7) is 2.15. The molecule has 0 saturated carbocycles. The number of nitrogens with two attached hydrogens (primary N) is 1. The summed E-state index contributed by atoms with van der Waals surface area (Å²) in [4.78, 5) is 12.1. The highest BCUT2D eigenvalue weighted by atomic mass is 16.5. The largest absolute Gasteiger partial charge is 0.373 e. The summed E-state index contributed by atoms with van der Waals surface area (Å²) in [6.07, 6.45) is 0. The van der Waals surface area contributed by atoms with Crippen molar-refractivity contribution in [3.05, 3.63) is 17.8 Å². The van der Waals surface area contributed by atoms with Gasteiger partial charge >= 0.3 is 0 Å². The highest BCUT2D eigenvalue weighted by Gasteiger charge is 2.04. The van der Waals surface area contributed by atoms with Gasteiger partial charge in [-0.2, -0.15) is 15.0 Å². The zero-order chi connectivity index (χ0) is 12.3. The summed E-state index contributed by atoms with van der Waals surface area (Å²) in [5, 5.41) is 9.68. The maximum Gasteiger partial charge on any atom is 0.223 e. The molecule has 0 aliphatic heterocycles. The quantitative estimate of drug-likeness (QED) is 0.697. The molecule has 0 amide bonds. The summed E-state index contributed by atoms with van der Waals surface area (Å²) < 4.78 is 4.85. The Morgan fingerprint density at radius 3 is 2.71 bits per heavy atom. The number of nitrogens with one attached hydrogen (secondary N) is 2. The van der Waals surface area contributed by atoms with E-state index >= 15 is 0 Å². The second kappa shape index (κ2) is 4.64. The van der Waals surface area contributed by atoms with Crippen LogP contribution in [0.3, 0.4) is 0 Å². The lowest BCUT2D eigenvalue weighted by Gasteiger charge is -2.05. The maximum absolute atomic E-state index is 5.56. The predicted octanol–water partition coefficient (Wildman–Crippen LogP) is 0.404. The van der Waals surface area contributed by atoms with Crippen molar-refractivity contribution < 1.29 is 4.52 Å². The van der Waals surface area contributed by atoms with Gasteiger partial charge in [-0.1, -0.05) is 5.16 Å². The molecule has 0 unspecified atom stereocenters. The van der Waals surface area contributed by atoms with E-state index in [0.717, 1.165) is 0 Å². The molecule has 0 spiro atoms. The molecule has 0 atom stereocenters. The lowest BCUT2D eigenvalue weighted by molar-refractivity contribution is 0.388. The van der Waals surface area contributed by atoms with E-state index in [1.54, 1.807) is 20.0 Å². The number of aromatic nitrogens is 4. The first-order chi connectivity index (χ1) is 8.17. The molecule has 0 aliphatic carbocycles. The van der Waals surface area contributed by atoms with E-state index < -0.39 is 0 Å². The second-order valence-electron chi connectivity index (χ2n) is 3.33. The molecule has 17 heavy (non-hydrogen) atoms. The molecular weight excluding hydrogens is 222 g/mol. The number of nitrogen functional groups attached to an aromatic ring is 1. The Hall–Kier alpha value is -2.38. The Kier molecular flexibility index (Phi) is 3.03. The first-order valence-electron chi connectivity index (χ1n) is 5.03. The molecule has 0 fully saturated rings. The summed E-state index contributed by atoms with van der Waals surface area (Å²) in [5.74, 6) is 2.53. The van der Waals surface area contributed by atoms with E-state index in [1.807, 2.05) is 0 Å². The van der Waals surface area contributed by atoms with E-state index in [-0.39, 0.29) is 5.95 Å². The molecule has 0 saturated heterocycles. The molecule has 2 aromatic heterocycles. The van der Waals surface area contributed by atoms with Crippen LogP contribution in [0, 0.1) is 6.92 Å². The summed E-state index contributed by atoms with van der Waals surface area (Å²) >= 11 is 0. The van der Waals surface area contributed by atoms with Gasteiger partial charge in [-0.3, -0.25) is 0 Å². The van der Waals surface area contributed by atoms with E-state index in [4.69, 9.17) is 10.3 Å². The SMILES string of the molecule is CNc1cc(NCc2noc(C)n2)nc(N)n1. The molecule has 4 N–H and O–H groups in total. The number of nitrogens with zero attached hydrogens (tertiary/aromatic N) is 4. The van der Waals surface area contributed by atoms with Gasteiger partial charge in [0, 0.05) is 20.0 Å².